The first-order valence-electron chi connectivity index (χ1n) is 7.57. The third-order valence-electron chi connectivity index (χ3n) is 3.78. The topological polar surface area (TPSA) is 63.6 Å². The van der Waals surface area contributed by atoms with Crippen molar-refractivity contribution in [1.29, 1.82) is 0 Å². The molecule has 2 aromatic rings. The lowest BCUT2D eigenvalue weighted by atomic mass is 9.94. The van der Waals surface area contributed by atoms with E-state index in [0.29, 0.717) is 5.56 Å². The minimum absolute atomic E-state index is 0.0320. The van der Waals surface area contributed by atoms with Gasteiger partial charge in [-0.3, -0.25) is 9.59 Å². The van der Waals surface area contributed by atoms with Crippen LogP contribution in [0.2, 0.25) is 0 Å². The lowest BCUT2D eigenvalue weighted by molar-refractivity contribution is -0.136. The van der Waals surface area contributed by atoms with Gasteiger partial charge in [0.2, 0.25) is 0 Å². The first kappa shape index (κ1) is 16.7. The Morgan fingerprint density at radius 2 is 1.65 bits per heavy atom. The van der Waals surface area contributed by atoms with Gasteiger partial charge in [0.1, 0.15) is 5.75 Å². The Labute approximate surface area is 135 Å². The number of carboxylic acid groups (broad SMARTS) is 1. The van der Waals surface area contributed by atoms with Crippen molar-refractivity contribution in [3.05, 3.63) is 53.6 Å². The average Bonchev–Trinajstić information content (AvgIpc) is 2.59. The highest BCUT2D eigenvalue weighted by Gasteiger charge is 2.13. The lowest BCUT2D eigenvalue weighted by Crippen LogP contribution is -2.06. The van der Waals surface area contributed by atoms with Gasteiger partial charge in [0, 0.05) is 12.0 Å². The molecule has 0 fully saturated rings. The molecule has 0 unspecified atom stereocenters. The SMILES string of the molecule is CCc1cc(-c2ccc(OC)cc2)ccc1C(=O)CCC(=O)O. The molecule has 0 saturated heterocycles. The molecule has 0 spiro atoms. The van der Waals surface area contributed by atoms with Crippen LogP contribution in [-0.4, -0.2) is 24.0 Å². The fourth-order valence-corrected chi connectivity index (χ4v) is 2.48. The summed E-state index contributed by atoms with van der Waals surface area (Å²) in [5.74, 6) is -0.276. The quantitative estimate of drug-likeness (QED) is 0.786. The zero-order chi connectivity index (χ0) is 16.8. The Kier molecular flexibility index (Phi) is 5.52. The maximum Gasteiger partial charge on any atom is 0.303 e. The largest absolute Gasteiger partial charge is 0.497 e. The summed E-state index contributed by atoms with van der Waals surface area (Å²) < 4.78 is 5.15. The Hall–Kier alpha value is -2.62. The van der Waals surface area contributed by atoms with Gasteiger partial charge in [-0.1, -0.05) is 37.3 Å². The summed E-state index contributed by atoms with van der Waals surface area (Å²) in [5, 5.41) is 8.71. The molecule has 0 bridgehead atoms. The summed E-state index contributed by atoms with van der Waals surface area (Å²) in [5.41, 5.74) is 3.63. The van der Waals surface area contributed by atoms with E-state index >= 15 is 0 Å². The van der Waals surface area contributed by atoms with E-state index in [0.717, 1.165) is 28.9 Å². The lowest BCUT2D eigenvalue weighted by Gasteiger charge is -2.10. The maximum atomic E-state index is 12.2. The monoisotopic (exact) mass is 312 g/mol. The van der Waals surface area contributed by atoms with Crippen molar-refractivity contribution in [3.8, 4) is 16.9 Å². The molecule has 2 rings (SSSR count). The third-order valence-corrected chi connectivity index (χ3v) is 3.78. The first-order valence-corrected chi connectivity index (χ1v) is 7.57. The van der Waals surface area contributed by atoms with Crippen LogP contribution in [0.25, 0.3) is 11.1 Å². The first-order chi connectivity index (χ1) is 11.0. The second-order valence-electron chi connectivity index (χ2n) is 5.27. The molecule has 23 heavy (non-hydrogen) atoms. The molecule has 0 aliphatic heterocycles. The molecule has 4 nitrogen and oxygen atoms in total. The number of carbonyl (C=O) groups excluding carboxylic acids is 1. The van der Waals surface area contributed by atoms with Crippen molar-refractivity contribution in [2.24, 2.45) is 0 Å². The molecular formula is C19H20O4. The summed E-state index contributed by atoms with van der Waals surface area (Å²) in [7, 11) is 1.63. The second-order valence-corrected chi connectivity index (χ2v) is 5.27. The highest BCUT2D eigenvalue weighted by molar-refractivity contribution is 5.99. The van der Waals surface area contributed by atoms with Gasteiger partial charge in [0.15, 0.2) is 5.78 Å². The number of benzene rings is 2. The maximum absolute atomic E-state index is 12.2. The molecule has 0 aliphatic carbocycles. The Morgan fingerprint density at radius 3 is 2.22 bits per heavy atom. The molecule has 0 heterocycles. The van der Waals surface area contributed by atoms with Gasteiger partial charge in [-0.2, -0.15) is 0 Å². The van der Waals surface area contributed by atoms with Crippen LogP contribution in [0.15, 0.2) is 42.5 Å². The Bertz CT molecular complexity index is 702. The van der Waals surface area contributed by atoms with Crippen molar-refractivity contribution in [2.45, 2.75) is 26.2 Å². The Balaban J connectivity index is 2.27. The van der Waals surface area contributed by atoms with Crippen LogP contribution in [0.1, 0.15) is 35.7 Å². The van der Waals surface area contributed by atoms with Crippen molar-refractivity contribution in [2.75, 3.05) is 7.11 Å². The van der Waals surface area contributed by atoms with Gasteiger partial charge in [-0.15, -0.1) is 0 Å². The zero-order valence-electron chi connectivity index (χ0n) is 13.3. The predicted molar refractivity (Wildman–Crippen MR) is 89.0 cm³/mol. The number of hydrogen-bond acceptors (Lipinski definition) is 3. The smallest absolute Gasteiger partial charge is 0.303 e. The number of methoxy groups -OCH3 is 1. The average molecular weight is 312 g/mol. The molecule has 4 heteroatoms. The molecule has 0 aliphatic rings. The van der Waals surface area contributed by atoms with Crippen molar-refractivity contribution < 1.29 is 19.4 Å². The van der Waals surface area contributed by atoms with Gasteiger partial charge < -0.3 is 9.84 Å². The molecule has 2 aromatic carbocycles. The molecular weight excluding hydrogens is 292 g/mol. The van der Waals surface area contributed by atoms with E-state index in [9.17, 15) is 9.59 Å². The van der Waals surface area contributed by atoms with Crippen LogP contribution in [0.4, 0.5) is 0 Å². The normalized spacial score (nSPS) is 10.3. The number of aryl methyl sites for hydroxylation is 1. The number of hydrogen-bond donors (Lipinski definition) is 1. The van der Waals surface area contributed by atoms with Gasteiger partial charge in [0.25, 0.3) is 0 Å². The highest BCUT2D eigenvalue weighted by Crippen LogP contribution is 2.26. The van der Waals surface area contributed by atoms with E-state index in [4.69, 9.17) is 9.84 Å². The molecule has 0 radical (unpaired) electrons. The van der Waals surface area contributed by atoms with Crippen molar-refractivity contribution in [1.82, 2.24) is 0 Å². The van der Waals surface area contributed by atoms with Gasteiger partial charge >= 0.3 is 5.97 Å². The summed E-state index contributed by atoms with van der Waals surface area (Å²) >= 11 is 0. The second kappa shape index (κ2) is 7.58. The summed E-state index contributed by atoms with van der Waals surface area (Å²) in [6.07, 6.45) is 0.616. The fourth-order valence-electron chi connectivity index (χ4n) is 2.48. The minimum Gasteiger partial charge on any atom is -0.497 e. The van der Waals surface area contributed by atoms with Crippen molar-refractivity contribution >= 4 is 11.8 Å². The molecule has 0 amide bonds. The summed E-state index contributed by atoms with van der Waals surface area (Å²) in [6.45, 7) is 1.99. The van der Waals surface area contributed by atoms with Crippen LogP contribution >= 0.6 is 0 Å². The highest BCUT2D eigenvalue weighted by atomic mass is 16.5. The van der Waals surface area contributed by atoms with E-state index < -0.39 is 5.97 Å². The number of carbonyl (C=O) groups is 2. The number of aliphatic carboxylic acids is 1. The van der Waals surface area contributed by atoms with Gasteiger partial charge in [-0.25, -0.2) is 0 Å². The standard InChI is InChI=1S/C19H20O4/c1-3-13-12-15(14-4-7-16(23-2)8-5-14)6-9-17(13)18(20)10-11-19(21)22/h4-9,12H,3,10-11H2,1-2H3,(H,21,22). The van der Waals surface area contributed by atoms with E-state index in [1.165, 1.54) is 0 Å². The summed E-state index contributed by atoms with van der Waals surface area (Å²) in [6, 6.07) is 13.4. The number of Topliss-reactive ketones (excluding diaryl/α,β-unsaturated/α-hetero) is 1. The third kappa shape index (κ3) is 4.19. The Morgan fingerprint density at radius 1 is 1.00 bits per heavy atom. The molecule has 120 valence electrons. The fraction of sp³-hybridized carbons (Fsp3) is 0.263. The molecule has 0 aromatic heterocycles. The minimum atomic E-state index is -0.953. The summed E-state index contributed by atoms with van der Waals surface area (Å²) in [4.78, 5) is 22.8. The zero-order valence-corrected chi connectivity index (χ0v) is 13.3. The number of ether oxygens (including phenoxy) is 1. The van der Waals surface area contributed by atoms with Gasteiger partial charge in [-0.05, 0) is 35.2 Å². The van der Waals surface area contributed by atoms with E-state index in [1.54, 1.807) is 13.2 Å². The van der Waals surface area contributed by atoms with Crippen LogP contribution < -0.4 is 4.74 Å². The number of carboxylic acids is 1. The predicted octanol–water partition coefficient (Wildman–Crippen LogP) is 3.97. The number of ketones is 1. The van der Waals surface area contributed by atoms with Crippen LogP contribution in [-0.2, 0) is 11.2 Å². The van der Waals surface area contributed by atoms with Crippen LogP contribution in [0, 0.1) is 0 Å². The van der Waals surface area contributed by atoms with Crippen molar-refractivity contribution in [3.63, 3.8) is 0 Å². The molecule has 0 atom stereocenters. The van der Waals surface area contributed by atoms with Gasteiger partial charge in [0.05, 0.1) is 13.5 Å². The molecule has 0 saturated carbocycles. The van der Waals surface area contributed by atoms with E-state index in [2.05, 4.69) is 0 Å². The molecule has 1 N–H and O–H groups in total. The van der Waals surface area contributed by atoms with E-state index in [-0.39, 0.29) is 18.6 Å². The van der Waals surface area contributed by atoms with Crippen LogP contribution in [0.3, 0.4) is 0 Å². The van der Waals surface area contributed by atoms with E-state index in [1.807, 2.05) is 43.3 Å². The van der Waals surface area contributed by atoms with Crippen LogP contribution in [0.5, 0.6) is 5.75 Å². The number of rotatable bonds is 7.